The molecule has 1 heterocycles. The molecule has 0 saturated heterocycles. The molecule has 8 heteroatoms. The van der Waals surface area contributed by atoms with E-state index in [1.807, 2.05) is 22.6 Å². The summed E-state index contributed by atoms with van der Waals surface area (Å²) in [6.07, 6.45) is 1.23. The van der Waals surface area contributed by atoms with Crippen LogP contribution in [0.3, 0.4) is 0 Å². The number of rotatable bonds is 4. The van der Waals surface area contributed by atoms with Gasteiger partial charge >= 0.3 is 6.61 Å². The molecule has 1 aromatic carbocycles. The smallest absolute Gasteiger partial charge is 0.387 e. The van der Waals surface area contributed by atoms with E-state index < -0.39 is 6.61 Å². The molecule has 2 aromatic rings. The average molecular weight is 379 g/mol. The Morgan fingerprint density at radius 2 is 2.11 bits per heavy atom. The van der Waals surface area contributed by atoms with E-state index in [0.29, 0.717) is 9.26 Å². The number of nitrogens with one attached hydrogen (secondary N) is 2. The van der Waals surface area contributed by atoms with Crippen LogP contribution in [0.5, 0.6) is 5.75 Å². The Kier molecular flexibility index (Phi) is 4.30. The van der Waals surface area contributed by atoms with E-state index in [4.69, 9.17) is 0 Å². The summed E-state index contributed by atoms with van der Waals surface area (Å²) in [5.41, 5.74) is -0.0100. The second kappa shape index (κ2) is 5.95. The number of para-hydroxylation sites is 2. The first-order valence-electron chi connectivity index (χ1n) is 5.12. The Bertz CT molecular complexity index is 633. The number of alkyl halides is 2. The van der Waals surface area contributed by atoms with Gasteiger partial charge in [-0.3, -0.25) is 4.79 Å². The highest BCUT2D eigenvalue weighted by Crippen LogP contribution is 2.28. The van der Waals surface area contributed by atoms with Crippen LogP contribution in [0.2, 0.25) is 0 Å². The Morgan fingerprint density at radius 1 is 1.37 bits per heavy atom. The molecule has 0 aliphatic rings. The monoisotopic (exact) mass is 379 g/mol. The predicted molar refractivity (Wildman–Crippen MR) is 73.9 cm³/mol. The number of H-pyrrole nitrogens is 1. The van der Waals surface area contributed by atoms with Crippen LogP contribution in [-0.2, 0) is 0 Å². The number of hydrogen-bond acceptors (Lipinski definition) is 4. The van der Waals surface area contributed by atoms with Crippen molar-refractivity contribution in [3.05, 3.63) is 44.5 Å². The topological polar surface area (TPSA) is 67.0 Å². The van der Waals surface area contributed by atoms with E-state index in [1.165, 1.54) is 12.4 Å². The zero-order chi connectivity index (χ0) is 13.8. The first-order valence-corrected chi connectivity index (χ1v) is 6.20. The van der Waals surface area contributed by atoms with Gasteiger partial charge in [0.05, 0.1) is 12.0 Å². The molecule has 0 bridgehead atoms. The molecule has 2 N–H and O–H groups in total. The highest BCUT2D eigenvalue weighted by molar-refractivity contribution is 14.1. The van der Waals surface area contributed by atoms with Crippen LogP contribution in [0.15, 0.2) is 35.4 Å². The fourth-order valence-electron chi connectivity index (χ4n) is 1.37. The Hall–Kier alpha value is -1.71. The van der Waals surface area contributed by atoms with Crippen molar-refractivity contribution in [3.8, 4) is 5.75 Å². The van der Waals surface area contributed by atoms with E-state index in [1.54, 1.807) is 18.2 Å². The number of ether oxygens (including phenoxy) is 1. The number of aromatic nitrogens is 2. The molecule has 100 valence electrons. The molecule has 0 aliphatic heterocycles. The number of halogens is 3. The Labute approximate surface area is 120 Å². The lowest BCUT2D eigenvalue weighted by Gasteiger charge is -2.12. The summed E-state index contributed by atoms with van der Waals surface area (Å²) < 4.78 is 29.2. The number of benzene rings is 1. The lowest BCUT2D eigenvalue weighted by molar-refractivity contribution is -0.0493. The number of anilines is 2. The third kappa shape index (κ3) is 3.40. The molecular weight excluding hydrogens is 371 g/mol. The molecule has 5 nitrogen and oxygen atoms in total. The first kappa shape index (κ1) is 13.7. The summed E-state index contributed by atoms with van der Waals surface area (Å²) >= 11 is 1.81. The fraction of sp³-hybridized carbons (Fsp3) is 0.0909. The highest BCUT2D eigenvalue weighted by atomic mass is 127. The van der Waals surface area contributed by atoms with Gasteiger partial charge in [-0.1, -0.05) is 12.1 Å². The summed E-state index contributed by atoms with van der Waals surface area (Å²) in [6, 6.07) is 6.17. The van der Waals surface area contributed by atoms with E-state index in [-0.39, 0.29) is 17.1 Å². The number of aromatic amines is 1. The molecule has 0 aliphatic carbocycles. The minimum Gasteiger partial charge on any atom is -0.433 e. The highest BCUT2D eigenvalue weighted by Gasteiger charge is 2.11. The first-order chi connectivity index (χ1) is 9.08. The van der Waals surface area contributed by atoms with Gasteiger partial charge < -0.3 is 15.0 Å². The van der Waals surface area contributed by atoms with E-state index >= 15 is 0 Å². The SMILES string of the molecule is O=c1[nH]cnc(Nc2ccccc2OC(F)F)c1I. The van der Waals surface area contributed by atoms with Crippen LogP contribution in [0.4, 0.5) is 20.3 Å². The Morgan fingerprint density at radius 3 is 2.84 bits per heavy atom. The van der Waals surface area contributed by atoms with Crippen LogP contribution < -0.4 is 15.6 Å². The Balaban J connectivity index is 2.33. The van der Waals surface area contributed by atoms with Crippen LogP contribution in [0.25, 0.3) is 0 Å². The molecule has 0 fully saturated rings. The molecule has 19 heavy (non-hydrogen) atoms. The van der Waals surface area contributed by atoms with Crippen molar-refractivity contribution in [2.45, 2.75) is 6.61 Å². The van der Waals surface area contributed by atoms with Gasteiger partial charge in [-0.05, 0) is 34.7 Å². The van der Waals surface area contributed by atoms with Crippen LogP contribution in [0.1, 0.15) is 0 Å². The maximum absolute atomic E-state index is 12.3. The van der Waals surface area contributed by atoms with E-state index in [2.05, 4.69) is 20.0 Å². The van der Waals surface area contributed by atoms with Crippen LogP contribution in [0, 0.1) is 3.57 Å². The van der Waals surface area contributed by atoms with Gasteiger partial charge in [0.1, 0.15) is 9.32 Å². The predicted octanol–water partition coefficient (Wildman–Crippen LogP) is 2.72. The van der Waals surface area contributed by atoms with Crippen molar-refractivity contribution in [2.75, 3.05) is 5.32 Å². The van der Waals surface area contributed by atoms with Gasteiger partial charge in [-0.2, -0.15) is 8.78 Å². The molecule has 2 rings (SSSR count). The zero-order valence-electron chi connectivity index (χ0n) is 9.36. The van der Waals surface area contributed by atoms with Gasteiger partial charge in [0.2, 0.25) is 0 Å². The van der Waals surface area contributed by atoms with Crippen LogP contribution >= 0.6 is 22.6 Å². The zero-order valence-corrected chi connectivity index (χ0v) is 11.5. The molecule has 0 amide bonds. The van der Waals surface area contributed by atoms with Gasteiger partial charge in [0, 0.05) is 0 Å². The minimum absolute atomic E-state index is 0.0182. The van der Waals surface area contributed by atoms with Gasteiger partial charge in [0.25, 0.3) is 5.56 Å². The minimum atomic E-state index is -2.92. The molecule has 0 saturated carbocycles. The fourth-order valence-corrected chi connectivity index (χ4v) is 1.80. The van der Waals surface area contributed by atoms with Crippen molar-refractivity contribution in [1.29, 1.82) is 0 Å². The molecule has 0 radical (unpaired) electrons. The van der Waals surface area contributed by atoms with Crippen molar-refractivity contribution in [2.24, 2.45) is 0 Å². The lowest BCUT2D eigenvalue weighted by atomic mass is 10.3. The average Bonchev–Trinajstić information content (AvgIpc) is 2.36. The summed E-state index contributed by atoms with van der Waals surface area (Å²) in [7, 11) is 0. The maximum atomic E-state index is 12.3. The quantitative estimate of drug-likeness (QED) is 0.802. The standard InChI is InChI=1S/C11H8F2IN3O2/c12-11(13)19-7-4-2-1-3-6(7)17-9-8(14)10(18)16-5-15-9/h1-5,11H,(H2,15,16,17,18). The third-order valence-corrected chi connectivity index (χ3v) is 3.15. The number of hydrogen-bond donors (Lipinski definition) is 2. The molecule has 0 unspecified atom stereocenters. The van der Waals surface area contributed by atoms with Gasteiger partial charge in [-0.25, -0.2) is 4.98 Å². The summed E-state index contributed by atoms with van der Waals surface area (Å²) in [5.74, 6) is 0.255. The third-order valence-electron chi connectivity index (χ3n) is 2.15. The normalized spacial score (nSPS) is 10.5. The molecule has 0 atom stereocenters. The van der Waals surface area contributed by atoms with Crippen LogP contribution in [-0.4, -0.2) is 16.6 Å². The summed E-state index contributed by atoms with van der Waals surface area (Å²) in [5, 5.41) is 2.79. The van der Waals surface area contributed by atoms with Crippen molar-refractivity contribution < 1.29 is 13.5 Å². The van der Waals surface area contributed by atoms with Gasteiger partial charge in [-0.15, -0.1) is 0 Å². The molecule has 0 spiro atoms. The molecule has 1 aromatic heterocycles. The van der Waals surface area contributed by atoms with Crippen molar-refractivity contribution in [1.82, 2.24) is 9.97 Å². The van der Waals surface area contributed by atoms with E-state index in [9.17, 15) is 13.6 Å². The van der Waals surface area contributed by atoms with E-state index in [0.717, 1.165) is 0 Å². The van der Waals surface area contributed by atoms with Crippen molar-refractivity contribution in [3.63, 3.8) is 0 Å². The van der Waals surface area contributed by atoms with Crippen molar-refractivity contribution >= 4 is 34.1 Å². The maximum Gasteiger partial charge on any atom is 0.387 e. The van der Waals surface area contributed by atoms with Gasteiger partial charge in [0.15, 0.2) is 5.82 Å². The lowest BCUT2D eigenvalue weighted by Crippen LogP contribution is -2.13. The second-order valence-corrected chi connectivity index (χ2v) is 4.47. The largest absolute Gasteiger partial charge is 0.433 e. The molecular formula is C11H8F2IN3O2. The second-order valence-electron chi connectivity index (χ2n) is 3.39. The summed E-state index contributed by atoms with van der Waals surface area (Å²) in [6.45, 7) is -2.92. The number of nitrogens with zero attached hydrogens (tertiary/aromatic N) is 1. The summed E-state index contributed by atoms with van der Waals surface area (Å²) in [4.78, 5) is 17.7.